The molecule has 4 rings (SSSR count). The highest BCUT2D eigenvalue weighted by atomic mass is 15.3. The molecule has 1 heterocycles. The predicted octanol–water partition coefficient (Wildman–Crippen LogP) is 5.18. The largest absolute Gasteiger partial charge is 0.285 e. The van der Waals surface area contributed by atoms with E-state index in [0.29, 0.717) is 0 Å². The summed E-state index contributed by atoms with van der Waals surface area (Å²) in [6, 6.07) is 25.9. The molecule has 0 saturated heterocycles. The molecule has 118 valence electrons. The average Bonchev–Trinajstić information content (AvgIpc) is 2.61. The van der Waals surface area contributed by atoms with Gasteiger partial charge in [-0.3, -0.25) is 4.90 Å². The van der Waals surface area contributed by atoms with Gasteiger partial charge in [0.25, 0.3) is 0 Å². The number of rotatable bonds is 2. The van der Waals surface area contributed by atoms with Gasteiger partial charge in [-0.2, -0.15) is 4.58 Å². The summed E-state index contributed by atoms with van der Waals surface area (Å²) < 4.78 is 2.33. The molecule has 2 heteroatoms. The molecular weight excluding hydrogens is 292 g/mol. The molecule has 24 heavy (non-hydrogen) atoms. The van der Waals surface area contributed by atoms with Crippen LogP contribution in [0.25, 0.3) is 0 Å². The van der Waals surface area contributed by atoms with Crippen LogP contribution in [-0.4, -0.2) is 17.5 Å². The topological polar surface area (TPSA) is 6.25 Å². The molecule has 0 atom stereocenters. The first-order valence-electron chi connectivity index (χ1n) is 8.32. The number of para-hydroxylation sites is 2. The molecule has 0 spiro atoms. The summed E-state index contributed by atoms with van der Waals surface area (Å²) in [5.74, 6) is 0. The van der Waals surface area contributed by atoms with Crippen molar-refractivity contribution in [2.45, 2.75) is 13.8 Å². The van der Waals surface area contributed by atoms with Gasteiger partial charge in [-0.05, 0) is 49.2 Å². The number of hydrogen-bond donors (Lipinski definition) is 0. The average molecular weight is 313 g/mol. The van der Waals surface area contributed by atoms with Crippen molar-refractivity contribution in [1.29, 1.82) is 0 Å². The minimum absolute atomic E-state index is 0.809. The van der Waals surface area contributed by atoms with Crippen LogP contribution in [-0.2, 0) is 0 Å². The number of anilines is 2. The third kappa shape index (κ3) is 2.71. The summed E-state index contributed by atoms with van der Waals surface area (Å²) in [7, 11) is 0. The summed E-state index contributed by atoms with van der Waals surface area (Å²) in [6.45, 7) is 5.12. The van der Waals surface area contributed by atoms with E-state index in [1.165, 1.54) is 33.8 Å². The van der Waals surface area contributed by atoms with E-state index in [9.17, 15) is 0 Å². The van der Waals surface area contributed by atoms with Crippen LogP contribution < -0.4 is 4.90 Å². The molecule has 1 aliphatic heterocycles. The minimum atomic E-state index is 0.809. The van der Waals surface area contributed by atoms with E-state index < -0.39 is 0 Å². The Balaban J connectivity index is 1.84. The highest BCUT2D eigenvalue weighted by Crippen LogP contribution is 2.32. The molecule has 2 nitrogen and oxygen atoms in total. The second-order valence-electron chi connectivity index (χ2n) is 6.41. The van der Waals surface area contributed by atoms with E-state index in [0.717, 1.165) is 6.67 Å². The van der Waals surface area contributed by atoms with Crippen molar-refractivity contribution in [3.63, 3.8) is 0 Å². The fourth-order valence-corrected chi connectivity index (χ4v) is 3.38. The lowest BCUT2D eigenvalue weighted by atomic mass is 10.1. The third-order valence-electron chi connectivity index (χ3n) is 4.42. The van der Waals surface area contributed by atoms with Gasteiger partial charge in [-0.15, -0.1) is 0 Å². The van der Waals surface area contributed by atoms with Gasteiger partial charge < -0.3 is 0 Å². The maximum Gasteiger partial charge on any atom is 0.228 e. The van der Waals surface area contributed by atoms with Gasteiger partial charge >= 0.3 is 0 Å². The van der Waals surface area contributed by atoms with Crippen molar-refractivity contribution in [3.05, 3.63) is 89.5 Å². The summed E-state index contributed by atoms with van der Waals surface area (Å²) in [5, 5.41) is 0. The van der Waals surface area contributed by atoms with Gasteiger partial charge in [-0.1, -0.05) is 36.4 Å². The fraction of sp³-hybridized carbons (Fsp3) is 0.136. The Labute approximate surface area is 143 Å². The van der Waals surface area contributed by atoms with E-state index >= 15 is 0 Å². The van der Waals surface area contributed by atoms with E-state index in [4.69, 9.17) is 0 Å². The number of benzene rings is 3. The first kappa shape index (κ1) is 14.7. The lowest BCUT2D eigenvalue weighted by molar-refractivity contribution is -0.434. The number of hydrogen-bond acceptors (Lipinski definition) is 1. The van der Waals surface area contributed by atoms with Crippen molar-refractivity contribution < 1.29 is 4.58 Å². The van der Waals surface area contributed by atoms with Gasteiger partial charge in [0.15, 0.2) is 6.21 Å². The van der Waals surface area contributed by atoms with Crippen molar-refractivity contribution >= 4 is 23.3 Å². The Hall–Kier alpha value is -2.87. The van der Waals surface area contributed by atoms with Gasteiger partial charge in [0.1, 0.15) is 0 Å². The SMILES string of the molecule is Cc1cc(C)cc([N+]2=Cc3ccccc3N(c3ccccc3)C2)c1. The monoisotopic (exact) mass is 313 g/mol. The van der Waals surface area contributed by atoms with Crippen LogP contribution in [0.1, 0.15) is 16.7 Å². The first-order chi connectivity index (χ1) is 11.7. The molecule has 1 aliphatic rings. The van der Waals surface area contributed by atoms with Crippen LogP contribution in [0.2, 0.25) is 0 Å². The fourth-order valence-electron chi connectivity index (χ4n) is 3.38. The Kier molecular flexibility index (Phi) is 3.66. The van der Waals surface area contributed by atoms with Gasteiger partial charge in [0.2, 0.25) is 12.4 Å². The summed E-state index contributed by atoms with van der Waals surface area (Å²) in [4.78, 5) is 2.37. The molecule has 3 aromatic rings. The van der Waals surface area contributed by atoms with Crippen LogP contribution in [0.5, 0.6) is 0 Å². The number of aryl methyl sites for hydroxylation is 2. The molecular formula is C22H21N2+. The Morgan fingerprint density at radius 1 is 0.792 bits per heavy atom. The first-order valence-corrected chi connectivity index (χ1v) is 8.32. The summed E-state index contributed by atoms with van der Waals surface area (Å²) in [5.41, 5.74) is 7.54. The lowest BCUT2D eigenvalue weighted by Gasteiger charge is -2.27. The van der Waals surface area contributed by atoms with Crippen molar-refractivity contribution in [1.82, 2.24) is 0 Å². The maximum atomic E-state index is 2.37. The number of nitrogens with zero attached hydrogens (tertiary/aromatic N) is 2. The summed E-state index contributed by atoms with van der Waals surface area (Å²) in [6.07, 6.45) is 2.25. The third-order valence-corrected chi connectivity index (χ3v) is 4.42. The normalized spacial score (nSPS) is 13.4. The number of fused-ring (bicyclic) bond motifs is 1. The zero-order valence-electron chi connectivity index (χ0n) is 14.1. The van der Waals surface area contributed by atoms with Crippen LogP contribution in [0.4, 0.5) is 17.1 Å². The van der Waals surface area contributed by atoms with Crippen LogP contribution in [0.15, 0.2) is 72.8 Å². The van der Waals surface area contributed by atoms with E-state index in [1.54, 1.807) is 0 Å². The van der Waals surface area contributed by atoms with Crippen LogP contribution in [0.3, 0.4) is 0 Å². The maximum absolute atomic E-state index is 2.37. The van der Waals surface area contributed by atoms with Crippen molar-refractivity contribution in [2.24, 2.45) is 0 Å². The van der Waals surface area contributed by atoms with Gasteiger partial charge in [0, 0.05) is 17.8 Å². The van der Waals surface area contributed by atoms with E-state index in [2.05, 4.69) is 102 Å². The molecule has 0 amide bonds. The Morgan fingerprint density at radius 2 is 1.46 bits per heavy atom. The van der Waals surface area contributed by atoms with Crippen molar-refractivity contribution in [2.75, 3.05) is 11.6 Å². The Morgan fingerprint density at radius 3 is 2.21 bits per heavy atom. The zero-order valence-corrected chi connectivity index (χ0v) is 14.1. The van der Waals surface area contributed by atoms with Crippen LogP contribution >= 0.6 is 0 Å². The minimum Gasteiger partial charge on any atom is -0.285 e. The molecule has 0 radical (unpaired) electrons. The second kappa shape index (κ2) is 5.97. The molecule has 0 bridgehead atoms. The van der Waals surface area contributed by atoms with Gasteiger partial charge in [-0.25, -0.2) is 0 Å². The van der Waals surface area contributed by atoms with E-state index in [-0.39, 0.29) is 0 Å². The molecule has 0 fully saturated rings. The molecule has 3 aromatic carbocycles. The second-order valence-corrected chi connectivity index (χ2v) is 6.41. The Bertz CT molecular complexity index is 890. The highest BCUT2D eigenvalue weighted by Gasteiger charge is 2.25. The van der Waals surface area contributed by atoms with Crippen molar-refractivity contribution in [3.8, 4) is 0 Å². The van der Waals surface area contributed by atoms with Crippen LogP contribution in [0, 0.1) is 13.8 Å². The predicted molar refractivity (Wildman–Crippen MR) is 101 cm³/mol. The molecule has 0 aliphatic carbocycles. The highest BCUT2D eigenvalue weighted by molar-refractivity contribution is 5.89. The molecule has 0 aromatic heterocycles. The zero-order chi connectivity index (χ0) is 16.5. The van der Waals surface area contributed by atoms with Gasteiger partial charge in [0.05, 0.1) is 11.3 Å². The smallest absolute Gasteiger partial charge is 0.228 e. The van der Waals surface area contributed by atoms with E-state index in [1.807, 2.05) is 0 Å². The lowest BCUT2D eigenvalue weighted by Crippen LogP contribution is -2.31. The molecule has 0 saturated carbocycles. The summed E-state index contributed by atoms with van der Waals surface area (Å²) >= 11 is 0. The quantitative estimate of drug-likeness (QED) is 0.591. The standard InChI is InChI=1S/C22H21N2/c1-17-12-18(2)14-21(13-17)23-15-19-8-6-7-11-22(19)24(16-23)20-9-4-3-5-10-20/h3-15H,16H2,1-2H3/q+1. The molecule has 0 unspecified atom stereocenters. The molecule has 0 N–H and O–H groups in total.